The van der Waals surface area contributed by atoms with Gasteiger partial charge in [-0.25, -0.2) is 0 Å². The van der Waals surface area contributed by atoms with Gasteiger partial charge in [0.2, 0.25) is 0 Å². The van der Waals surface area contributed by atoms with E-state index in [9.17, 15) is 5.11 Å². The highest BCUT2D eigenvalue weighted by atomic mass is 16.3. The second-order valence-corrected chi connectivity index (χ2v) is 4.99. The Morgan fingerprint density at radius 2 is 2.00 bits per heavy atom. The summed E-state index contributed by atoms with van der Waals surface area (Å²) in [7, 11) is 0. The lowest BCUT2D eigenvalue weighted by molar-refractivity contribution is -0.0729. The first kappa shape index (κ1) is 10.7. The first-order valence-corrected chi connectivity index (χ1v) is 5.56. The molecule has 0 aromatic heterocycles. The van der Waals surface area contributed by atoms with E-state index in [2.05, 4.69) is 43.4 Å². The van der Waals surface area contributed by atoms with Gasteiger partial charge in [-0.15, -0.1) is 0 Å². The Balaban J connectivity index is 1.85. The van der Waals surface area contributed by atoms with Crippen molar-refractivity contribution >= 4 is 0 Å². The summed E-state index contributed by atoms with van der Waals surface area (Å²) in [6.07, 6.45) is 0.727. The third-order valence-corrected chi connectivity index (χ3v) is 3.61. The minimum atomic E-state index is -0.147. The van der Waals surface area contributed by atoms with Crippen molar-refractivity contribution < 1.29 is 5.11 Å². The third kappa shape index (κ3) is 2.06. The molecule has 0 saturated heterocycles. The van der Waals surface area contributed by atoms with Crippen LogP contribution < -0.4 is 5.32 Å². The molecule has 1 fully saturated rings. The minimum Gasteiger partial charge on any atom is -0.392 e. The van der Waals surface area contributed by atoms with Crippen LogP contribution in [0.4, 0.5) is 0 Å². The first-order valence-electron chi connectivity index (χ1n) is 5.56. The molecule has 1 aliphatic carbocycles. The van der Waals surface area contributed by atoms with Crippen LogP contribution in [0.1, 0.15) is 25.8 Å². The van der Waals surface area contributed by atoms with Crippen LogP contribution in [0.15, 0.2) is 30.3 Å². The molecule has 1 aromatic rings. The van der Waals surface area contributed by atoms with Crippen LogP contribution in [0.3, 0.4) is 0 Å². The molecule has 0 spiro atoms. The molecule has 2 heteroatoms. The predicted molar refractivity (Wildman–Crippen MR) is 61.5 cm³/mol. The molecule has 0 radical (unpaired) electrons. The van der Waals surface area contributed by atoms with Gasteiger partial charge in [-0.05, 0) is 12.0 Å². The van der Waals surface area contributed by atoms with Gasteiger partial charge in [0.15, 0.2) is 0 Å². The van der Waals surface area contributed by atoms with E-state index in [0.717, 1.165) is 13.0 Å². The quantitative estimate of drug-likeness (QED) is 0.790. The van der Waals surface area contributed by atoms with Gasteiger partial charge in [-0.3, -0.25) is 0 Å². The maximum atomic E-state index is 9.60. The van der Waals surface area contributed by atoms with Gasteiger partial charge in [0.05, 0.1) is 6.10 Å². The zero-order valence-electron chi connectivity index (χ0n) is 9.40. The predicted octanol–water partition coefficient (Wildman–Crippen LogP) is 1.94. The molecular weight excluding hydrogens is 186 g/mol. The number of nitrogens with one attached hydrogen (secondary N) is 1. The number of rotatable bonds is 3. The lowest BCUT2D eigenvalue weighted by Gasteiger charge is -2.49. The standard InChI is InChI=1S/C13H19NO/c1-13(2)11(8-12(13)15)14-9-10-6-4-3-5-7-10/h3-7,11-12,14-15H,8-9H2,1-2H3. The van der Waals surface area contributed by atoms with Crippen LogP contribution in [-0.4, -0.2) is 17.3 Å². The summed E-state index contributed by atoms with van der Waals surface area (Å²) >= 11 is 0. The Labute approximate surface area is 91.3 Å². The van der Waals surface area contributed by atoms with Gasteiger partial charge >= 0.3 is 0 Å². The zero-order chi connectivity index (χ0) is 10.9. The molecule has 2 N–H and O–H groups in total. The van der Waals surface area contributed by atoms with E-state index in [1.165, 1.54) is 5.56 Å². The fourth-order valence-corrected chi connectivity index (χ4v) is 2.09. The Bertz CT molecular complexity index is 321. The summed E-state index contributed by atoms with van der Waals surface area (Å²) in [4.78, 5) is 0. The minimum absolute atomic E-state index is 0.0226. The van der Waals surface area contributed by atoms with Gasteiger partial charge in [0.1, 0.15) is 0 Å². The summed E-state index contributed by atoms with van der Waals surface area (Å²) < 4.78 is 0. The van der Waals surface area contributed by atoms with Crippen molar-refractivity contribution in [2.75, 3.05) is 0 Å². The second-order valence-electron chi connectivity index (χ2n) is 4.99. The Morgan fingerprint density at radius 3 is 2.53 bits per heavy atom. The van der Waals surface area contributed by atoms with E-state index >= 15 is 0 Å². The average Bonchev–Trinajstić information content (AvgIpc) is 2.25. The number of benzene rings is 1. The first-order chi connectivity index (χ1) is 7.10. The summed E-state index contributed by atoms with van der Waals surface area (Å²) in [5.74, 6) is 0. The lowest BCUT2D eigenvalue weighted by Crippen LogP contribution is -2.59. The Morgan fingerprint density at radius 1 is 1.33 bits per heavy atom. The van der Waals surface area contributed by atoms with Crippen molar-refractivity contribution in [1.82, 2.24) is 5.32 Å². The maximum absolute atomic E-state index is 9.60. The van der Waals surface area contributed by atoms with Gasteiger partial charge in [0.25, 0.3) is 0 Å². The summed E-state index contributed by atoms with van der Waals surface area (Å²) in [6.45, 7) is 5.12. The van der Waals surface area contributed by atoms with E-state index in [1.54, 1.807) is 0 Å². The van der Waals surface area contributed by atoms with Crippen molar-refractivity contribution in [3.63, 3.8) is 0 Å². The molecule has 15 heavy (non-hydrogen) atoms. The smallest absolute Gasteiger partial charge is 0.0621 e. The molecule has 1 aromatic carbocycles. The highest BCUT2D eigenvalue weighted by Gasteiger charge is 2.46. The van der Waals surface area contributed by atoms with E-state index < -0.39 is 0 Å². The molecule has 2 nitrogen and oxygen atoms in total. The number of hydrogen-bond acceptors (Lipinski definition) is 2. The van der Waals surface area contributed by atoms with E-state index in [1.807, 2.05) is 6.07 Å². The highest BCUT2D eigenvalue weighted by molar-refractivity contribution is 5.15. The molecule has 2 unspecified atom stereocenters. The van der Waals surface area contributed by atoms with Crippen molar-refractivity contribution in [2.24, 2.45) is 5.41 Å². The molecule has 0 heterocycles. The highest BCUT2D eigenvalue weighted by Crippen LogP contribution is 2.40. The SMILES string of the molecule is CC1(C)C(O)CC1NCc1ccccc1. The monoisotopic (exact) mass is 205 g/mol. The Kier molecular flexibility index (Phi) is 2.81. The van der Waals surface area contributed by atoms with Crippen LogP contribution in [0, 0.1) is 5.41 Å². The lowest BCUT2D eigenvalue weighted by atomic mass is 9.64. The van der Waals surface area contributed by atoms with E-state index in [0.29, 0.717) is 6.04 Å². The molecule has 0 aliphatic heterocycles. The Hall–Kier alpha value is -0.860. The van der Waals surface area contributed by atoms with Crippen LogP contribution in [0.5, 0.6) is 0 Å². The largest absolute Gasteiger partial charge is 0.392 e. The molecule has 1 saturated carbocycles. The normalized spacial score (nSPS) is 28.5. The third-order valence-electron chi connectivity index (χ3n) is 3.61. The fraction of sp³-hybridized carbons (Fsp3) is 0.538. The summed E-state index contributed by atoms with van der Waals surface area (Å²) in [6, 6.07) is 10.8. The molecular formula is C13H19NO. The van der Waals surface area contributed by atoms with Crippen molar-refractivity contribution in [3.05, 3.63) is 35.9 Å². The van der Waals surface area contributed by atoms with Crippen LogP contribution in [-0.2, 0) is 6.54 Å². The molecule has 1 aliphatic rings. The average molecular weight is 205 g/mol. The summed E-state index contributed by atoms with van der Waals surface area (Å²) in [5, 5.41) is 13.1. The van der Waals surface area contributed by atoms with Crippen LogP contribution in [0.25, 0.3) is 0 Å². The molecule has 82 valence electrons. The van der Waals surface area contributed by atoms with E-state index in [4.69, 9.17) is 0 Å². The zero-order valence-corrected chi connectivity index (χ0v) is 9.40. The van der Waals surface area contributed by atoms with Gasteiger partial charge in [-0.2, -0.15) is 0 Å². The van der Waals surface area contributed by atoms with Crippen molar-refractivity contribution in [1.29, 1.82) is 0 Å². The number of aliphatic hydroxyl groups is 1. The summed E-state index contributed by atoms with van der Waals surface area (Å²) in [5.41, 5.74) is 1.32. The van der Waals surface area contributed by atoms with Crippen molar-refractivity contribution in [3.8, 4) is 0 Å². The van der Waals surface area contributed by atoms with Gasteiger partial charge in [0, 0.05) is 18.0 Å². The van der Waals surface area contributed by atoms with E-state index in [-0.39, 0.29) is 11.5 Å². The molecule has 2 rings (SSSR count). The van der Waals surface area contributed by atoms with Crippen molar-refractivity contribution in [2.45, 2.75) is 39.0 Å². The maximum Gasteiger partial charge on any atom is 0.0621 e. The molecule has 0 amide bonds. The van der Waals surface area contributed by atoms with Gasteiger partial charge in [-0.1, -0.05) is 44.2 Å². The topological polar surface area (TPSA) is 32.3 Å². The molecule has 2 atom stereocenters. The molecule has 0 bridgehead atoms. The van der Waals surface area contributed by atoms with Crippen LogP contribution in [0.2, 0.25) is 0 Å². The second kappa shape index (κ2) is 3.95. The fourth-order valence-electron chi connectivity index (χ4n) is 2.09. The number of hydrogen-bond donors (Lipinski definition) is 2. The number of aliphatic hydroxyl groups excluding tert-OH is 1. The van der Waals surface area contributed by atoms with Gasteiger partial charge < -0.3 is 10.4 Å². The van der Waals surface area contributed by atoms with Crippen LogP contribution >= 0.6 is 0 Å².